The quantitative estimate of drug-likeness (QED) is 0.840. The number of rotatable bonds is 5. The van der Waals surface area contributed by atoms with Crippen molar-refractivity contribution in [2.45, 2.75) is 25.0 Å². The van der Waals surface area contributed by atoms with E-state index in [0.29, 0.717) is 35.1 Å². The van der Waals surface area contributed by atoms with Crippen LogP contribution in [0.25, 0.3) is 0 Å². The second kappa shape index (κ2) is 6.49. The zero-order valence-corrected chi connectivity index (χ0v) is 14.0. The Kier molecular flexibility index (Phi) is 4.56. The Morgan fingerprint density at radius 1 is 1.17 bits per heavy atom. The molecule has 3 rings (SSSR count). The van der Waals surface area contributed by atoms with Crippen LogP contribution in [0.15, 0.2) is 12.1 Å². The highest BCUT2D eigenvalue weighted by atomic mass is 35.5. The average Bonchev–Trinajstić information content (AvgIpc) is 3.16. The summed E-state index contributed by atoms with van der Waals surface area (Å²) in [4.78, 5) is 24.2. The lowest BCUT2D eigenvalue weighted by Gasteiger charge is -2.24. The van der Waals surface area contributed by atoms with E-state index >= 15 is 0 Å². The maximum absolute atomic E-state index is 12.7. The van der Waals surface area contributed by atoms with Crippen LogP contribution in [0.4, 0.5) is 5.69 Å². The molecule has 4 atom stereocenters. The summed E-state index contributed by atoms with van der Waals surface area (Å²) in [5, 5.41) is 12.5. The lowest BCUT2D eigenvalue weighted by atomic mass is 9.78. The molecule has 0 spiro atoms. The Hall–Kier alpha value is -1.99. The molecule has 2 fully saturated rings. The van der Waals surface area contributed by atoms with Crippen LogP contribution < -0.4 is 14.8 Å². The van der Waals surface area contributed by atoms with Crippen LogP contribution in [0, 0.1) is 11.8 Å². The van der Waals surface area contributed by atoms with Gasteiger partial charge in [0.15, 0.2) is 0 Å². The first-order valence-corrected chi connectivity index (χ1v) is 7.94. The van der Waals surface area contributed by atoms with Crippen LogP contribution in [-0.2, 0) is 14.3 Å². The van der Waals surface area contributed by atoms with E-state index in [1.54, 1.807) is 6.07 Å². The molecule has 0 saturated carbocycles. The number of halogens is 1. The highest BCUT2D eigenvalue weighted by Gasteiger charge is 2.55. The van der Waals surface area contributed by atoms with Crippen LogP contribution in [0.2, 0.25) is 5.02 Å². The number of carbonyl (C=O) groups excluding carboxylic acids is 1. The third-order valence-electron chi connectivity index (χ3n) is 4.59. The molecule has 0 aromatic heterocycles. The Morgan fingerprint density at radius 2 is 1.79 bits per heavy atom. The fraction of sp³-hybridized carbons (Fsp3) is 0.500. The predicted octanol–water partition coefficient (Wildman–Crippen LogP) is 2.17. The summed E-state index contributed by atoms with van der Waals surface area (Å²) in [6.07, 6.45) is 0.595. The number of hydrogen-bond donors (Lipinski definition) is 2. The Bertz CT molecular complexity index is 679. The minimum atomic E-state index is -1.01. The molecule has 24 heavy (non-hydrogen) atoms. The SMILES string of the molecule is COc1cc(NC(=O)[C@@H]2[C@H](C(=O)O)[C@H]3CC[C@H]2O3)c(OC)cc1Cl. The molecule has 130 valence electrons. The summed E-state index contributed by atoms with van der Waals surface area (Å²) in [5.41, 5.74) is 0.371. The number of methoxy groups -OCH3 is 2. The first kappa shape index (κ1) is 16.9. The van der Waals surface area contributed by atoms with Gasteiger partial charge in [0.2, 0.25) is 5.91 Å². The minimum Gasteiger partial charge on any atom is -0.495 e. The Labute approximate surface area is 143 Å². The molecule has 0 unspecified atom stereocenters. The van der Waals surface area contributed by atoms with Gasteiger partial charge in [-0.25, -0.2) is 0 Å². The highest BCUT2D eigenvalue weighted by molar-refractivity contribution is 6.32. The van der Waals surface area contributed by atoms with Gasteiger partial charge in [0.1, 0.15) is 11.5 Å². The lowest BCUT2D eigenvalue weighted by molar-refractivity contribution is -0.147. The molecule has 1 aromatic carbocycles. The van der Waals surface area contributed by atoms with E-state index in [0.717, 1.165) is 0 Å². The van der Waals surface area contributed by atoms with Crippen molar-refractivity contribution >= 4 is 29.2 Å². The van der Waals surface area contributed by atoms with Gasteiger partial charge in [0.05, 0.1) is 49.0 Å². The second-order valence-electron chi connectivity index (χ2n) is 5.86. The van der Waals surface area contributed by atoms with Crippen molar-refractivity contribution in [3.63, 3.8) is 0 Å². The van der Waals surface area contributed by atoms with Crippen LogP contribution in [0.1, 0.15) is 12.8 Å². The van der Waals surface area contributed by atoms with E-state index in [4.69, 9.17) is 25.8 Å². The van der Waals surface area contributed by atoms with Crippen molar-refractivity contribution in [2.75, 3.05) is 19.5 Å². The van der Waals surface area contributed by atoms with Crippen LogP contribution in [-0.4, -0.2) is 43.4 Å². The Morgan fingerprint density at radius 3 is 2.38 bits per heavy atom. The number of fused-ring (bicyclic) bond motifs is 2. The smallest absolute Gasteiger partial charge is 0.310 e. The summed E-state index contributed by atoms with van der Waals surface area (Å²) in [6, 6.07) is 3.07. The van der Waals surface area contributed by atoms with Gasteiger partial charge in [-0.2, -0.15) is 0 Å². The maximum Gasteiger partial charge on any atom is 0.310 e. The third-order valence-corrected chi connectivity index (χ3v) is 4.89. The maximum atomic E-state index is 12.7. The zero-order chi connectivity index (χ0) is 17.4. The van der Waals surface area contributed by atoms with Gasteiger partial charge in [-0.1, -0.05) is 11.6 Å². The van der Waals surface area contributed by atoms with E-state index in [1.807, 2.05) is 0 Å². The fourth-order valence-electron chi connectivity index (χ4n) is 3.50. The van der Waals surface area contributed by atoms with Gasteiger partial charge in [0, 0.05) is 12.1 Å². The molecule has 2 heterocycles. The van der Waals surface area contributed by atoms with Crippen molar-refractivity contribution in [1.29, 1.82) is 0 Å². The van der Waals surface area contributed by atoms with Gasteiger partial charge in [-0.05, 0) is 12.8 Å². The van der Waals surface area contributed by atoms with Gasteiger partial charge in [-0.15, -0.1) is 0 Å². The molecule has 2 aliphatic heterocycles. The standard InChI is InChI=1S/C16H18ClNO6/c1-22-11-6-8(12(23-2)5-7(11)17)18-15(19)13-9-3-4-10(24-9)14(13)16(20)21/h5-6,9-10,13-14H,3-4H2,1-2H3,(H,18,19)(H,20,21)/t9-,10-,13+,14-/m1/s1. The summed E-state index contributed by atoms with van der Waals surface area (Å²) >= 11 is 6.04. The van der Waals surface area contributed by atoms with E-state index in [1.165, 1.54) is 20.3 Å². The number of carbonyl (C=O) groups is 2. The molecular formula is C16H18ClNO6. The lowest BCUT2D eigenvalue weighted by Crippen LogP contribution is -2.41. The van der Waals surface area contributed by atoms with Gasteiger partial charge in [0.25, 0.3) is 0 Å². The molecule has 1 amide bonds. The van der Waals surface area contributed by atoms with E-state index in [-0.39, 0.29) is 6.10 Å². The molecule has 8 heteroatoms. The normalized spacial score (nSPS) is 27.8. The highest BCUT2D eigenvalue weighted by Crippen LogP contribution is 2.44. The number of nitrogens with one attached hydrogen (secondary N) is 1. The average molecular weight is 356 g/mol. The monoisotopic (exact) mass is 355 g/mol. The molecule has 1 aromatic rings. The molecule has 2 aliphatic rings. The van der Waals surface area contributed by atoms with E-state index in [2.05, 4.69) is 5.32 Å². The molecule has 0 aliphatic carbocycles. The van der Waals surface area contributed by atoms with Gasteiger partial charge >= 0.3 is 5.97 Å². The predicted molar refractivity (Wildman–Crippen MR) is 85.7 cm³/mol. The van der Waals surface area contributed by atoms with Crippen molar-refractivity contribution < 1.29 is 28.9 Å². The number of benzene rings is 1. The summed E-state index contributed by atoms with van der Waals surface area (Å²) in [7, 11) is 2.91. The van der Waals surface area contributed by atoms with Crippen molar-refractivity contribution in [3.8, 4) is 11.5 Å². The van der Waals surface area contributed by atoms with Crippen LogP contribution in [0.5, 0.6) is 11.5 Å². The number of aliphatic carboxylic acids is 1. The summed E-state index contributed by atoms with van der Waals surface area (Å²) < 4.78 is 16.0. The van der Waals surface area contributed by atoms with Gasteiger partial charge < -0.3 is 24.6 Å². The molecule has 2 saturated heterocycles. The summed E-state index contributed by atoms with van der Waals surface area (Å²) in [6.45, 7) is 0. The number of anilines is 1. The molecule has 7 nitrogen and oxygen atoms in total. The van der Waals surface area contributed by atoms with Gasteiger partial charge in [-0.3, -0.25) is 9.59 Å². The topological polar surface area (TPSA) is 94.1 Å². The Balaban J connectivity index is 1.86. The van der Waals surface area contributed by atoms with Crippen LogP contribution in [0.3, 0.4) is 0 Å². The van der Waals surface area contributed by atoms with Crippen molar-refractivity contribution in [2.24, 2.45) is 11.8 Å². The first-order chi connectivity index (χ1) is 11.5. The van der Waals surface area contributed by atoms with E-state index < -0.39 is 29.8 Å². The first-order valence-electron chi connectivity index (χ1n) is 7.57. The molecular weight excluding hydrogens is 338 g/mol. The number of ether oxygens (including phenoxy) is 3. The fourth-order valence-corrected chi connectivity index (χ4v) is 3.73. The van der Waals surface area contributed by atoms with Crippen molar-refractivity contribution in [1.82, 2.24) is 0 Å². The number of carboxylic acid groups (broad SMARTS) is 1. The zero-order valence-electron chi connectivity index (χ0n) is 13.2. The molecule has 2 N–H and O–H groups in total. The van der Waals surface area contributed by atoms with Crippen LogP contribution >= 0.6 is 11.6 Å². The second-order valence-corrected chi connectivity index (χ2v) is 6.26. The largest absolute Gasteiger partial charge is 0.495 e. The van der Waals surface area contributed by atoms with Crippen molar-refractivity contribution in [3.05, 3.63) is 17.2 Å². The number of hydrogen-bond acceptors (Lipinski definition) is 5. The number of carboxylic acids is 1. The third kappa shape index (κ3) is 2.78. The minimum absolute atomic E-state index is 0.346. The number of amides is 1. The molecule has 2 bridgehead atoms. The van der Waals surface area contributed by atoms with E-state index in [9.17, 15) is 14.7 Å². The molecule has 0 radical (unpaired) electrons. The summed E-state index contributed by atoms with van der Waals surface area (Å²) in [5.74, 6) is -2.23.